The van der Waals surface area contributed by atoms with Crippen LogP contribution in [-0.2, 0) is 38.8 Å². The number of carbonyl (C=O) groups is 3. The van der Waals surface area contributed by atoms with Crippen molar-refractivity contribution in [2.75, 3.05) is 33.0 Å². The van der Waals surface area contributed by atoms with Crippen LogP contribution in [0.15, 0.2) is 146 Å². The maximum Gasteiger partial charge on any atom is 0.422 e. The van der Waals surface area contributed by atoms with Crippen LogP contribution in [0.5, 0.6) is 0 Å². The van der Waals surface area contributed by atoms with Gasteiger partial charge in [0.1, 0.15) is 5.60 Å². The average molecular weight is 1020 g/mol. The van der Waals surface area contributed by atoms with Gasteiger partial charge in [0.2, 0.25) is 0 Å². The van der Waals surface area contributed by atoms with Crippen molar-refractivity contribution in [1.29, 1.82) is 0 Å². The van der Waals surface area contributed by atoms with E-state index in [1.165, 1.54) is 59.0 Å². The first kappa shape index (κ1) is 61.6. The summed E-state index contributed by atoms with van der Waals surface area (Å²) in [6.45, 7) is 18.1. The van der Waals surface area contributed by atoms with Crippen molar-refractivity contribution in [3.8, 4) is 0 Å². The molecule has 3 saturated heterocycles. The van der Waals surface area contributed by atoms with Gasteiger partial charge in [-0.05, 0) is 121 Å². The Morgan fingerprint density at radius 1 is 0.726 bits per heavy atom. The number of aryl methyl sites for hydroxylation is 1. The fourth-order valence-corrected chi connectivity index (χ4v) is 8.53. The summed E-state index contributed by atoms with van der Waals surface area (Å²) in [7, 11) is -0.000822. The number of fused-ring (bicyclic) bond motifs is 1. The lowest BCUT2D eigenvalue weighted by molar-refractivity contribution is -0.189. The molecule has 398 valence electrons. The van der Waals surface area contributed by atoms with Gasteiger partial charge in [0, 0.05) is 25.3 Å². The molecule has 0 saturated carbocycles. The zero-order valence-electron chi connectivity index (χ0n) is 42.7. The fourth-order valence-electron chi connectivity index (χ4n) is 8.53. The molecule has 8 rings (SSSR count). The Balaban J connectivity index is 0.000000259. The van der Waals surface area contributed by atoms with Crippen molar-refractivity contribution >= 4 is 30.4 Å². The number of esters is 2. The molecular weight excluding hydrogens is 951 g/mol. The maximum atomic E-state index is 11.8. The molecule has 0 radical (unpaired) electrons. The van der Waals surface area contributed by atoms with Crippen LogP contribution in [0, 0.1) is 18.8 Å². The molecule has 73 heavy (non-hydrogen) atoms. The van der Waals surface area contributed by atoms with Crippen LogP contribution >= 0.6 is 0 Å². The van der Waals surface area contributed by atoms with Gasteiger partial charge < -0.3 is 28.8 Å². The van der Waals surface area contributed by atoms with Gasteiger partial charge in [-0.1, -0.05) is 145 Å². The SMILES string of the molecule is C1CCOCC1.C=CC(=C)C.C=CC(=O)OCC(F)(F)F.CC1=CC[C@H](C(=O)O)CC1.CC1=CC[C@H](C(=O)OCC(F)(F)F)CC1.Cc1ccccc1B1OC(c2ccccc2)(c2ccccc2)[C@@H]2CCCN12. The number of allylic oxidation sites excluding steroid dienone is 6. The minimum atomic E-state index is -4.46. The number of carboxylic acid groups (broad SMARTS) is 1. The predicted molar refractivity (Wildman–Crippen MR) is 275 cm³/mol. The van der Waals surface area contributed by atoms with Crippen molar-refractivity contribution < 1.29 is 64.7 Å². The molecule has 0 bridgehead atoms. The maximum absolute atomic E-state index is 11.8. The number of carboxylic acids is 1. The lowest BCUT2D eigenvalue weighted by Crippen LogP contribution is -2.46. The second kappa shape index (κ2) is 31.1. The molecule has 3 fully saturated rings. The lowest BCUT2D eigenvalue weighted by atomic mass is 9.70. The summed E-state index contributed by atoms with van der Waals surface area (Å²) in [5, 5.41) is 8.60. The fraction of sp³-hybridized carbons (Fsp3) is 0.456. The van der Waals surface area contributed by atoms with Gasteiger partial charge in [0.15, 0.2) is 13.2 Å². The molecule has 3 aromatic carbocycles. The Kier molecular flexibility index (Phi) is 26.3. The van der Waals surface area contributed by atoms with Crippen molar-refractivity contribution in [1.82, 2.24) is 4.81 Å². The van der Waals surface area contributed by atoms with Crippen molar-refractivity contribution in [3.05, 3.63) is 162 Å². The Hall–Kier alpha value is -5.71. The quantitative estimate of drug-likeness (QED) is 0.0559. The molecular formula is C57H72BF6NO8. The van der Waals surface area contributed by atoms with Crippen LogP contribution in [-0.4, -0.2) is 86.2 Å². The normalized spacial score (nSPS) is 19.9. The molecule has 3 atom stereocenters. The van der Waals surface area contributed by atoms with E-state index in [0.717, 1.165) is 57.4 Å². The first-order valence-electron chi connectivity index (χ1n) is 24.7. The Morgan fingerprint density at radius 2 is 1.22 bits per heavy atom. The minimum absolute atomic E-state index is 0.000822. The highest BCUT2D eigenvalue weighted by Gasteiger charge is 2.59. The molecule has 0 unspecified atom stereocenters. The number of ether oxygens (including phenoxy) is 3. The van der Waals surface area contributed by atoms with E-state index >= 15 is 0 Å². The average Bonchev–Trinajstić information content (AvgIpc) is 4.00. The number of benzene rings is 3. The summed E-state index contributed by atoms with van der Waals surface area (Å²) in [4.78, 5) is 34.2. The zero-order chi connectivity index (χ0) is 54.0. The number of hydrogen-bond donors (Lipinski definition) is 1. The topological polar surface area (TPSA) is 112 Å². The third kappa shape index (κ3) is 21.7. The largest absolute Gasteiger partial charge is 0.481 e. The smallest absolute Gasteiger partial charge is 0.422 e. The third-order valence-electron chi connectivity index (χ3n) is 12.5. The molecule has 1 N–H and O–H groups in total. The number of hydrogen-bond acceptors (Lipinski definition) is 8. The summed E-state index contributed by atoms with van der Waals surface area (Å²) in [5.41, 5.74) is 8.19. The molecule has 3 aromatic rings. The Bertz CT molecular complexity index is 2210. The standard InChI is InChI=1S/C24H24BNO.C10H13F3O2.C8H12O2.C5H5F3O2.C5H10O.C5H8/c1-19-11-8-9-16-22(19)25-26-18-10-17-23(26)24(27-25,20-12-4-2-5-13-20)21-14-6-3-7-15-21;1-7-2-4-8(5-3-7)9(14)15-6-10(11,12)13;1-6-2-4-7(5-3-6)8(9)10;1-2-4(9)10-3-5(6,7)8;1-2-4-6-5-3-1;1-4-5(2)3/h2-9,11-16,23H,10,17-18H2,1H3;2,8H,3-6H2,1H3;2,7H,3-5H2,1H3,(H,9,10);2H,1,3H2;1-5H2;4H,1-2H2,3H3/t23-;8-;7-;;;/m000.../s1. The Morgan fingerprint density at radius 3 is 1.63 bits per heavy atom. The van der Waals surface area contributed by atoms with E-state index in [1.54, 1.807) is 6.08 Å². The van der Waals surface area contributed by atoms with E-state index in [2.05, 4.69) is 133 Å². The predicted octanol–water partition coefficient (Wildman–Crippen LogP) is 13.0. The van der Waals surface area contributed by atoms with Crippen LogP contribution in [0.1, 0.15) is 108 Å². The number of alkyl halides is 6. The molecule has 0 aromatic heterocycles. The van der Waals surface area contributed by atoms with Crippen LogP contribution in [0.3, 0.4) is 0 Å². The summed E-state index contributed by atoms with van der Waals surface area (Å²) >= 11 is 0. The van der Waals surface area contributed by atoms with Gasteiger partial charge in [0.05, 0.1) is 11.8 Å². The van der Waals surface area contributed by atoms with Gasteiger partial charge >= 0.3 is 37.3 Å². The van der Waals surface area contributed by atoms with Crippen LogP contribution in [0.25, 0.3) is 0 Å². The van der Waals surface area contributed by atoms with E-state index in [9.17, 15) is 40.7 Å². The van der Waals surface area contributed by atoms with Gasteiger partial charge in [-0.15, -0.1) is 0 Å². The number of aliphatic carboxylic acids is 1. The first-order chi connectivity index (χ1) is 34.6. The second-order valence-corrected chi connectivity index (χ2v) is 18.4. The molecule has 3 heterocycles. The number of nitrogens with zero attached hydrogens (tertiary/aromatic N) is 1. The second-order valence-electron chi connectivity index (χ2n) is 18.4. The van der Waals surface area contributed by atoms with E-state index in [1.807, 2.05) is 26.0 Å². The Labute approximate surface area is 428 Å². The van der Waals surface area contributed by atoms with Gasteiger partial charge in [0.25, 0.3) is 0 Å². The van der Waals surface area contributed by atoms with E-state index in [4.69, 9.17) is 14.5 Å². The highest BCUT2D eigenvalue weighted by Crippen LogP contribution is 2.49. The van der Waals surface area contributed by atoms with E-state index in [0.29, 0.717) is 25.0 Å². The van der Waals surface area contributed by atoms with Gasteiger partial charge in [-0.25, -0.2) is 4.79 Å². The third-order valence-corrected chi connectivity index (χ3v) is 12.5. The molecule has 9 nitrogen and oxygen atoms in total. The van der Waals surface area contributed by atoms with Crippen LogP contribution in [0.4, 0.5) is 26.3 Å². The lowest BCUT2D eigenvalue weighted by Gasteiger charge is -2.36. The molecule has 0 amide bonds. The van der Waals surface area contributed by atoms with Crippen LogP contribution in [0.2, 0.25) is 0 Å². The van der Waals surface area contributed by atoms with Crippen molar-refractivity contribution in [2.45, 2.75) is 122 Å². The summed E-state index contributed by atoms with van der Waals surface area (Å²) in [5.74, 6) is -2.99. The van der Waals surface area contributed by atoms with Crippen molar-refractivity contribution in [2.24, 2.45) is 11.8 Å². The number of carbonyl (C=O) groups excluding carboxylic acids is 2. The van der Waals surface area contributed by atoms with E-state index in [-0.39, 0.29) is 13.0 Å². The highest BCUT2D eigenvalue weighted by molar-refractivity contribution is 6.66. The summed E-state index contributed by atoms with van der Waals surface area (Å²) in [6.07, 6.45) is 8.04. The number of halogens is 6. The first-order valence-corrected chi connectivity index (χ1v) is 24.7. The van der Waals surface area contributed by atoms with Crippen molar-refractivity contribution in [3.63, 3.8) is 0 Å². The molecule has 2 aliphatic carbocycles. The summed E-state index contributed by atoms with van der Waals surface area (Å²) < 4.78 is 89.0. The van der Waals surface area contributed by atoms with Gasteiger partial charge in [-0.3, -0.25) is 9.59 Å². The van der Waals surface area contributed by atoms with Crippen LogP contribution < -0.4 is 5.46 Å². The highest BCUT2D eigenvalue weighted by atomic mass is 19.4. The molecule has 5 aliphatic rings. The minimum Gasteiger partial charge on any atom is -0.481 e. The molecule has 3 aliphatic heterocycles. The molecule has 16 heteroatoms. The number of rotatable bonds is 9. The van der Waals surface area contributed by atoms with Gasteiger partial charge in [-0.2, -0.15) is 26.3 Å². The monoisotopic (exact) mass is 1020 g/mol. The molecule has 0 spiro atoms. The van der Waals surface area contributed by atoms with E-state index < -0.39 is 55.0 Å². The zero-order valence-corrected chi connectivity index (χ0v) is 42.7. The summed E-state index contributed by atoms with van der Waals surface area (Å²) in [6, 6.07) is 30.6.